The summed E-state index contributed by atoms with van der Waals surface area (Å²) < 4.78 is 1.52. The van der Waals surface area contributed by atoms with Gasteiger partial charge in [0.2, 0.25) is 5.91 Å². The van der Waals surface area contributed by atoms with Crippen LogP contribution in [0.4, 0.5) is 10.5 Å². The third kappa shape index (κ3) is 4.65. The van der Waals surface area contributed by atoms with E-state index in [0.29, 0.717) is 28.3 Å². The highest BCUT2D eigenvalue weighted by Crippen LogP contribution is 2.19. The molecule has 0 fully saturated rings. The van der Waals surface area contributed by atoms with Crippen molar-refractivity contribution in [2.45, 2.75) is 32.5 Å². The molecule has 3 amide bonds. The Morgan fingerprint density at radius 1 is 1.10 bits per heavy atom. The van der Waals surface area contributed by atoms with E-state index in [9.17, 15) is 14.4 Å². The van der Waals surface area contributed by atoms with Crippen LogP contribution in [0.25, 0.3) is 10.9 Å². The molecule has 1 heterocycles. The number of hydrogen-bond donors (Lipinski definition) is 2. The van der Waals surface area contributed by atoms with Gasteiger partial charge in [-0.2, -0.15) is 0 Å². The van der Waals surface area contributed by atoms with Crippen molar-refractivity contribution in [3.8, 4) is 0 Å². The Morgan fingerprint density at radius 3 is 2.62 bits per heavy atom. The fourth-order valence-corrected chi connectivity index (χ4v) is 3.73. The van der Waals surface area contributed by atoms with E-state index < -0.39 is 11.9 Å². The number of hydrogen-bond acceptors (Lipinski definition) is 5. The van der Waals surface area contributed by atoms with Gasteiger partial charge >= 0.3 is 6.03 Å². The van der Waals surface area contributed by atoms with Crippen LogP contribution in [0.3, 0.4) is 0 Å². The minimum atomic E-state index is -0.594. The Bertz CT molecular complexity index is 1140. The fraction of sp³-hybridized carbons (Fsp3) is 0.238. The number of carbonyl (C=O) groups is 2. The Labute approximate surface area is 172 Å². The van der Waals surface area contributed by atoms with Crippen LogP contribution in [0.2, 0.25) is 0 Å². The standard InChI is InChI=1S/C21H22N4O3S/c1-4-25-19(27)15-9-5-6-10-17(15)23-21(25)29-12-18(26)24-20(28)22-16-11-7-8-13(2)14(16)3/h5-11H,4,12H2,1-3H3,(H2,22,24,26,28). The third-order valence-electron chi connectivity index (χ3n) is 4.58. The summed E-state index contributed by atoms with van der Waals surface area (Å²) in [4.78, 5) is 41.4. The first-order valence-electron chi connectivity index (χ1n) is 9.20. The van der Waals surface area contributed by atoms with E-state index in [1.807, 2.05) is 39.0 Å². The van der Waals surface area contributed by atoms with Crippen molar-refractivity contribution in [3.05, 3.63) is 63.9 Å². The molecule has 3 aromatic rings. The quantitative estimate of drug-likeness (QED) is 0.496. The number of para-hydroxylation sites is 1. The Morgan fingerprint density at radius 2 is 1.86 bits per heavy atom. The molecule has 0 radical (unpaired) electrons. The van der Waals surface area contributed by atoms with Crippen LogP contribution in [0.5, 0.6) is 0 Å². The van der Waals surface area contributed by atoms with Gasteiger partial charge in [0.05, 0.1) is 16.7 Å². The zero-order chi connectivity index (χ0) is 21.0. The van der Waals surface area contributed by atoms with E-state index in [4.69, 9.17) is 0 Å². The Kier molecular flexibility index (Phi) is 6.33. The highest BCUT2D eigenvalue weighted by Gasteiger charge is 2.14. The number of imide groups is 1. The lowest BCUT2D eigenvalue weighted by Gasteiger charge is -2.12. The number of thioether (sulfide) groups is 1. The first-order valence-corrected chi connectivity index (χ1v) is 10.2. The van der Waals surface area contributed by atoms with Crippen LogP contribution >= 0.6 is 11.8 Å². The molecule has 0 aliphatic heterocycles. The van der Waals surface area contributed by atoms with Gasteiger partial charge in [-0.3, -0.25) is 19.5 Å². The number of aryl methyl sites for hydroxylation is 1. The van der Waals surface area contributed by atoms with Crippen molar-refractivity contribution >= 4 is 40.3 Å². The molecule has 2 N–H and O–H groups in total. The average molecular weight is 410 g/mol. The zero-order valence-corrected chi connectivity index (χ0v) is 17.3. The number of carbonyl (C=O) groups excluding carboxylic acids is 2. The lowest BCUT2D eigenvalue weighted by atomic mass is 10.1. The summed E-state index contributed by atoms with van der Waals surface area (Å²) in [6.45, 7) is 6.13. The number of urea groups is 1. The summed E-state index contributed by atoms with van der Waals surface area (Å²) in [6, 6.07) is 12.1. The van der Waals surface area contributed by atoms with E-state index in [1.165, 1.54) is 4.57 Å². The molecule has 2 aromatic carbocycles. The first-order chi connectivity index (χ1) is 13.9. The molecular formula is C21H22N4O3S. The predicted octanol–water partition coefficient (Wildman–Crippen LogP) is 3.47. The normalized spacial score (nSPS) is 10.7. The Balaban J connectivity index is 1.67. The van der Waals surface area contributed by atoms with E-state index in [2.05, 4.69) is 15.6 Å². The van der Waals surface area contributed by atoms with Gasteiger partial charge in [-0.15, -0.1) is 0 Å². The third-order valence-corrected chi connectivity index (χ3v) is 5.56. The molecule has 0 saturated heterocycles. The second-order valence-electron chi connectivity index (χ2n) is 6.50. The second-order valence-corrected chi connectivity index (χ2v) is 7.44. The molecule has 3 rings (SSSR count). The van der Waals surface area contributed by atoms with Crippen molar-refractivity contribution in [3.63, 3.8) is 0 Å². The fourth-order valence-electron chi connectivity index (χ4n) is 2.87. The maximum absolute atomic E-state index is 12.6. The highest BCUT2D eigenvalue weighted by molar-refractivity contribution is 7.99. The maximum atomic E-state index is 12.6. The van der Waals surface area contributed by atoms with Crippen LogP contribution in [0.15, 0.2) is 52.4 Å². The van der Waals surface area contributed by atoms with Crippen LogP contribution in [0, 0.1) is 13.8 Å². The van der Waals surface area contributed by atoms with Gasteiger partial charge < -0.3 is 5.32 Å². The number of nitrogens with one attached hydrogen (secondary N) is 2. The molecule has 7 nitrogen and oxygen atoms in total. The molecule has 8 heteroatoms. The summed E-state index contributed by atoms with van der Waals surface area (Å²) in [5, 5.41) is 5.98. The van der Waals surface area contributed by atoms with Crippen LogP contribution < -0.4 is 16.2 Å². The van der Waals surface area contributed by atoms with Gasteiger partial charge in [0, 0.05) is 12.2 Å². The molecule has 0 saturated carbocycles. The van der Waals surface area contributed by atoms with Gasteiger partial charge in [0.25, 0.3) is 5.56 Å². The van der Waals surface area contributed by atoms with Crippen LogP contribution in [-0.4, -0.2) is 27.2 Å². The molecular weight excluding hydrogens is 388 g/mol. The average Bonchev–Trinajstić information content (AvgIpc) is 2.70. The monoisotopic (exact) mass is 410 g/mol. The number of aromatic nitrogens is 2. The van der Waals surface area contributed by atoms with Crippen molar-refractivity contribution < 1.29 is 9.59 Å². The molecule has 29 heavy (non-hydrogen) atoms. The van der Waals surface area contributed by atoms with E-state index in [1.54, 1.807) is 24.3 Å². The molecule has 0 unspecified atom stereocenters. The minimum Gasteiger partial charge on any atom is -0.307 e. The zero-order valence-electron chi connectivity index (χ0n) is 16.5. The lowest BCUT2D eigenvalue weighted by Crippen LogP contribution is -2.36. The number of benzene rings is 2. The number of amides is 3. The topological polar surface area (TPSA) is 93.1 Å². The largest absolute Gasteiger partial charge is 0.325 e. The van der Waals surface area contributed by atoms with Crippen molar-refractivity contribution in [1.29, 1.82) is 0 Å². The van der Waals surface area contributed by atoms with Gasteiger partial charge in [-0.25, -0.2) is 9.78 Å². The highest BCUT2D eigenvalue weighted by atomic mass is 32.2. The summed E-state index contributed by atoms with van der Waals surface area (Å²) in [5.74, 6) is -0.506. The van der Waals surface area contributed by atoms with Gasteiger partial charge in [-0.05, 0) is 50.1 Å². The molecule has 150 valence electrons. The van der Waals surface area contributed by atoms with E-state index in [0.717, 1.165) is 22.9 Å². The number of fused-ring (bicyclic) bond motifs is 1. The van der Waals surface area contributed by atoms with Crippen molar-refractivity contribution in [1.82, 2.24) is 14.9 Å². The summed E-state index contributed by atoms with van der Waals surface area (Å²) in [7, 11) is 0. The SMILES string of the molecule is CCn1c(SCC(=O)NC(=O)Nc2cccc(C)c2C)nc2ccccc2c1=O. The van der Waals surface area contributed by atoms with E-state index >= 15 is 0 Å². The van der Waals surface area contributed by atoms with E-state index in [-0.39, 0.29) is 11.3 Å². The molecule has 0 bridgehead atoms. The molecule has 0 aliphatic carbocycles. The number of rotatable bonds is 5. The summed E-state index contributed by atoms with van der Waals surface area (Å²) >= 11 is 1.12. The molecule has 0 spiro atoms. The minimum absolute atomic E-state index is 0.0367. The molecule has 0 aliphatic rings. The summed E-state index contributed by atoms with van der Waals surface area (Å²) in [6.07, 6.45) is 0. The first kappa shape index (κ1) is 20.6. The van der Waals surface area contributed by atoms with Crippen molar-refractivity contribution in [2.24, 2.45) is 0 Å². The van der Waals surface area contributed by atoms with Gasteiger partial charge in [0.1, 0.15) is 0 Å². The van der Waals surface area contributed by atoms with Gasteiger partial charge in [0.15, 0.2) is 5.16 Å². The predicted molar refractivity (Wildman–Crippen MR) is 115 cm³/mol. The molecule has 0 atom stereocenters. The van der Waals surface area contributed by atoms with Gasteiger partial charge in [-0.1, -0.05) is 36.0 Å². The lowest BCUT2D eigenvalue weighted by molar-refractivity contribution is -0.117. The Hall–Kier alpha value is -3.13. The maximum Gasteiger partial charge on any atom is 0.325 e. The second kappa shape index (κ2) is 8.91. The number of anilines is 1. The number of nitrogens with zero attached hydrogens (tertiary/aromatic N) is 2. The van der Waals surface area contributed by atoms with Crippen LogP contribution in [0.1, 0.15) is 18.1 Å². The summed E-state index contributed by atoms with van der Waals surface area (Å²) in [5.41, 5.74) is 3.08. The molecule has 1 aromatic heterocycles. The van der Waals surface area contributed by atoms with Crippen molar-refractivity contribution in [2.75, 3.05) is 11.1 Å². The van der Waals surface area contributed by atoms with Crippen LogP contribution in [-0.2, 0) is 11.3 Å². The smallest absolute Gasteiger partial charge is 0.307 e.